The Morgan fingerprint density at radius 1 is 1.41 bits per heavy atom. The molecule has 0 bridgehead atoms. The Bertz CT molecular complexity index is 502. The summed E-state index contributed by atoms with van der Waals surface area (Å²) in [4.78, 5) is -0.327. The largest absolute Gasteiger partial charge is 0.245 e. The van der Waals surface area contributed by atoms with Gasteiger partial charge in [-0.1, -0.05) is 6.07 Å². The molecule has 0 amide bonds. The van der Waals surface area contributed by atoms with Gasteiger partial charge in [0.25, 0.3) is 0 Å². The van der Waals surface area contributed by atoms with Gasteiger partial charge in [-0.2, -0.15) is 4.31 Å². The maximum absolute atomic E-state index is 13.6. The third kappa shape index (κ3) is 2.97. The van der Waals surface area contributed by atoms with Crippen molar-refractivity contribution in [1.29, 1.82) is 0 Å². The van der Waals surface area contributed by atoms with E-state index in [0.717, 1.165) is 10.4 Å². The number of hydrogen-bond donors (Lipinski definition) is 0. The third-order valence-corrected chi connectivity index (χ3v) is 4.89. The van der Waals surface area contributed by atoms with E-state index in [0.29, 0.717) is 5.56 Å². The van der Waals surface area contributed by atoms with E-state index in [1.807, 2.05) is 0 Å². The first-order chi connectivity index (χ1) is 7.80. The van der Waals surface area contributed by atoms with E-state index in [1.165, 1.54) is 19.2 Å². The molecule has 6 heteroatoms. The lowest BCUT2D eigenvalue weighted by molar-refractivity contribution is 0.407. The maximum Gasteiger partial charge on any atom is 0.245 e. The van der Waals surface area contributed by atoms with E-state index in [9.17, 15) is 12.8 Å². The van der Waals surface area contributed by atoms with E-state index in [-0.39, 0.29) is 16.8 Å². The number of alkyl halides is 1. The number of benzene rings is 1. The minimum Gasteiger partial charge on any atom is -0.207 e. The molecule has 0 aliphatic carbocycles. The summed E-state index contributed by atoms with van der Waals surface area (Å²) in [5.74, 6) is -0.611. The van der Waals surface area contributed by atoms with Crippen molar-refractivity contribution in [2.24, 2.45) is 0 Å². The summed E-state index contributed by atoms with van der Waals surface area (Å²) in [6.07, 6.45) is 0. The summed E-state index contributed by atoms with van der Waals surface area (Å²) in [5.41, 5.74) is 0.573. The molecular formula is C11H15ClFNO2S. The van der Waals surface area contributed by atoms with Crippen LogP contribution in [-0.4, -0.2) is 25.8 Å². The van der Waals surface area contributed by atoms with Crippen LogP contribution in [0.25, 0.3) is 0 Å². The molecule has 0 heterocycles. The molecule has 0 aromatic heterocycles. The van der Waals surface area contributed by atoms with Gasteiger partial charge in [0.2, 0.25) is 10.0 Å². The van der Waals surface area contributed by atoms with Gasteiger partial charge in [-0.25, -0.2) is 12.8 Å². The molecule has 0 radical (unpaired) electrons. The van der Waals surface area contributed by atoms with Crippen molar-refractivity contribution in [1.82, 2.24) is 4.31 Å². The molecule has 3 nitrogen and oxygen atoms in total. The van der Waals surface area contributed by atoms with Crippen LogP contribution in [0.4, 0.5) is 4.39 Å². The minimum atomic E-state index is -3.80. The fourth-order valence-corrected chi connectivity index (χ4v) is 2.91. The first-order valence-electron chi connectivity index (χ1n) is 5.13. The number of nitrogens with zero attached hydrogens (tertiary/aromatic N) is 1. The lowest BCUT2D eigenvalue weighted by Gasteiger charge is -2.21. The molecule has 1 aromatic rings. The molecule has 1 aromatic carbocycles. The maximum atomic E-state index is 13.6. The zero-order valence-electron chi connectivity index (χ0n) is 9.94. The highest BCUT2D eigenvalue weighted by Crippen LogP contribution is 2.22. The summed E-state index contributed by atoms with van der Waals surface area (Å²) in [5, 5.41) is 0. The first kappa shape index (κ1) is 14.4. The monoisotopic (exact) mass is 279 g/mol. The second-order valence-corrected chi connectivity index (χ2v) is 6.25. The van der Waals surface area contributed by atoms with Crippen LogP contribution in [-0.2, 0) is 15.9 Å². The predicted molar refractivity (Wildman–Crippen MR) is 66.0 cm³/mol. The average molecular weight is 280 g/mol. The van der Waals surface area contributed by atoms with Crippen molar-refractivity contribution in [2.75, 3.05) is 7.05 Å². The Hall–Kier alpha value is -0.650. The molecule has 96 valence electrons. The molecule has 0 N–H and O–H groups in total. The molecule has 0 atom stereocenters. The highest BCUT2D eigenvalue weighted by Gasteiger charge is 2.26. The fourth-order valence-electron chi connectivity index (χ4n) is 1.26. The standard InChI is InChI=1S/C11H15ClFNO2S/c1-8(2)14(3)17(15,16)11-6-9(7-12)4-5-10(11)13/h4-6,8H,7H2,1-3H3. The lowest BCUT2D eigenvalue weighted by Crippen LogP contribution is -2.33. The molecule has 0 fully saturated rings. The zero-order valence-corrected chi connectivity index (χ0v) is 11.5. The van der Waals surface area contributed by atoms with Crippen LogP contribution in [0.1, 0.15) is 19.4 Å². The Labute approximate surface area is 106 Å². The smallest absolute Gasteiger partial charge is 0.207 e. The fraction of sp³-hybridized carbons (Fsp3) is 0.455. The Balaban J connectivity index is 3.32. The van der Waals surface area contributed by atoms with Crippen molar-refractivity contribution < 1.29 is 12.8 Å². The second kappa shape index (κ2) is 5.33. The normalized spacial score (nSPS) is 12.4. The van der Waals surface area contributed by atoms with Gasteiger partial charge in [-0.05, 0) is 31.5 Å². The van der Waals surface area contributed by atoms with Gasteiger partial charge in [0.1, 0.15) is 10.7 Å². The Morgan fingerprint density at radius 3 is 2.47 bits per heavy atom. The number of rotatable bonds is 4. The van der Waals surface area contributed by atoms with Gasteiger partial charge in [-0.15, -0.1) is 11.6 Å². The van der Waals surface area contributed by atoms with Crippen LogP contribution in [0.15, 0.2) is 23.1 Å². The highest BCUT2D eigenvalue weighted by atomic mass is 35.5. The molecule has 0 unspecified atom stereocenters. The van der Waals surface area contributed by atoms with Gasteiger partial charge >= 0.3 is 0 Å². The van der Waals surface area contributed by atoms with Crippen LogP contribution in [0.2, 0.25) is 0 Å². The molecular weight excluding hydrogens is 265 g/mol. The number of sulfonamides is 1. The summed E-state index contributed by atoms with van der Waals surface area (Å²) in [6, 6.07) is 3.63. The SMILES string of the molecule is CC(C)N(C)S(=O)(=O)c1cc(CCl)ccc1F. The van der Waals surface area contributed by atoms with Crippen molar-refractivity contribution in [2.45, 2.75) is 30.7 Å². The van der Waals surface area contributed by atoms with Crippen LogP contribution < -0.4 is 0 Å². The first-order valence-corrected chi connectivity index (χ1v) is 7.10. The van der Waals surface area contributed by atoms with Crippen LogP contribution in [0.3, 0.4) is 0 Å². The third-order valence-electron chi connectivity index (χ3n) is 2.53. The van der Waals surface area contributed by atoms with Crippen molar-refractivity contribution in [3.8, 4) is 0 Å². The summed E-state index contributed by atoms with van der Waals surface area (Å²) in [6.45, 7) is 3.45. The van der Waals surface area contributed by atoms with Crippen LogP contribution in [0.5, 0.6) is 0 Å². The van der Waals surface area contributed by atoms with Gasteiger partial charge in [0, 0.05) is 19.0 Å². The molecule has 17 heavy (non-hydrogen) atoms. The molecule has 0 aliphatic rings. The predicted octanol–water partition coefficient (Wildman–Crippen LogP) is 2.59. The lowest BCUT2D eigenvalue weighted by atomic mass is 10.2. The number of hydrogen-bond acceptors (Lipinski definition) is 2. The summed E-state index contributed by atoms with van der Waals surface area (Å²) >= 11 is 5.61. The Morgan fingerprint density at radius 2 is 2.00 bits per heavy atom. The molecule has 0 aliphatic heterocycles. The number of halogens is 2. The minimum absolute atomic E-state index is 0.147. The van der Waals surface area contributed by atoms with Crippen LogP contribution in [0, 0.1) is 5.82 Å². The van der Waals surface area contributed by atoms with E-state index in [4.69, 9.17) is 11.6 Å². The van der Waals surface area contributed by atoms with E-state index < -0.39 is 15.8 Å². The molecule has 0 spiro atoms. The van der Waals surface area contributed by atoms with Gasteiger partial charge in [0.05, 0.1) is 0 Å². The van der Waals surface area contributed by atoms with Gasteiger partial charge < -0.3 is 0 Å². The van der Waals surface area contributed by atoms with Gasteiger partial charge in [-0.3, -0.25) is 0 Å². The summed E-state index contributed by atoms with van der Waals surface area (Å²) in [7, 11) is -2.38. The van der Waals surface area contributed by atoms with Crippen molar-refractivity contribution >= 4 is 21.6 Å². The molecule has 1 rings (SSSR count). The van der Waals surface area contributed by atoms with Gasteiger partial charge in [0.15, 0.2) is 0 Å². The topological polar surface area (TPSA) is 37.4 Å². The quantitative estimate of drug-likeness (QED) is 0.795. The molecule has 0 saturated heterocycles. The van der Waals surface area contributed by atoms with Crippen molar-refractivity contribution in [3.63, 3.8) is 0 Å². The summed E-state index contributed by atoms with van der Waals surface area (Å²) < 4.78 is 38.9. The van der Waals surface area contributed by atoms with E-state index in [1.54, 1.807) is 13.8 Å². The van der Waals surface area contributed by atoms with Crippen molar-refractivity contribution in [3.05, 3.63) is 29.6 Å². The molecule has 0 saturated carbocycles. The van der Waals surface area contributed by atoms with E-state index in [2.05, 4.69) is 0 Å². The Kier molecular flexibility index (Phi) is 4.52. The van der Waals surface area contributed by atoms with E-state index >= 15 is 0 Å². The second-order valence-electron chi connectivity index (χ2n) is 4.01. The average Bonchev–Trinajstić information content (AvgIpc) is 2.28. The zero-order chi connectivity index (χ0) is 13.2. The highest BCUT2D eigenvalue weighted by molar-refractivity contribution is 7.89. The van der Waals surface area contributed by atoms with Crippen LogP contribution >= 0.6 is 11.6 Å².